The second kappa shape index (κ2) is 17.2. The van der Waals surface area contributed by atoms with E-state index < -0.39 is 11.8 Å². The molecule has 0 saturated carbocycles. The van der Waals surface area contributed by atoms with Crippen LogP contribution in [-0.4, -0.2) is 34.5 Å². The zero-order chi connectivity index (χ0) is 30.8. The Kier molecular flexibility index (Phi) is 14.4. The van der Waals surface area contributed by atoms with Crippen LogP contribution in [0.1, 0.15) is 31.8 Å². The Morgan fingerprint density at radius 2 is 1.00 bits per heavy atom. The average Bonchev–Trinajstić information content (AvgIpc) is 2.94. The molecule has 2 amide bonds. The van der Waals surface area contributed by atoms with Crippen molar-refractivity contribution in [2.75, 3.05) is 0 Å². The molecule has 0 bridgehead atoms. The van der Waals surface area contributed by atoms with E-state index >= 15 is 0 Å². The van der Waals surface area contributed by atoms with Gasteiger partial charge in [0.2, 0.25) is 0 Å². The number of benzene rings is 4. The quantitative estimate of drug-likeness (QED) is 0.113. The Hall–Kier alpha value is -3.20. The molecule has 0 aliphatic carbocycles. The number of rotatable bonds is 6. The van der Waals surface area contributed by atoms with Crippen molar-refractivity contribution < 1.29 is 47.1 Å². The van der Waals surface area contributed by atoms with E-state index in [9.17, 15) is 30.0 Å². The first-order valence-corrected chi connectivity index (χ1v) is 14.7. The van der Waals surface area contributed by atoms with E-state index in [1.54, 1.807) is 48.5 Å². The van der Waals surface area contributed by atoms with E-state index in [4.69, 9.17) is 0 Å². The number of phenolic OH excluding ortho intramolecular Hbond substituents is 2. The van der Waals surface area contributed by atoms with Crippen LogP contribution in [0.15, 0.2) is 101 Å². The number of amides is 2. The molecule has 15 heteroatoms. The summed E-state index contributed by atoms with van der Waals surface area (Å²) in [6.07, 6.45) is 2.49. The summed E-state index contributed by atoms with van der Waals surface area (Å²) in [4.78, 5) is 23.6. The van der Waals surface area contributed by atoms with Crippen LogP contribution in [0.4, 0.5) is 0 Å². The Morgan fingerprint density at radius 1 is 0.651 bits per heavy atom. The fourth-order valence-electron chi connectivity index (χ4n) is 3.12. The van der Waals surface area contributed by atoms with Crippen LogP contribution in [0, 0.1) is 0 Å². The monoisotopic (exact) mass is 878 g/mol. The molecule has 0 fully saturated rings. The standard InChI is InChI=1S/2C14H10Br2N2O3.Fe/c2*15-9-5-8(13(20)11(16)6-9)7-17-18-14(21)10-3-1-2-4-12(10)19;/h2*1-7,19-20H,(H,18,21);/q;;+2/p-2/b17-7+;17-7-;. The first-order valence-electron chi connectivity index (χ1n) is 11.5. The Morgan fingerprint density at radius 3 is 1.35 bits per heavy atom. The van der Waals surface area contributed by atoms with Crippen molar-refractivity contribution in [1.82, 2.24) is 10.9 Å². The number of carbonyl (C=O) groups excluding carboxylic acids is 2. The Bertz CT molecular complexity index is 1560. The van der Waals surface area contributed by atoms with Gasteiger partial charge in [-0.25, -0.2) is 10.9 Å². The molecule has 4 aromatic carbocycles. The van der Waals surface area contributed by atoms with Crippen LogP contribution in [0.3, 0.4) is 0 Å². The third-order valence-corrected chi connectivity index (χ3v) is 7.20. The van der Waals surface area contributed by atoms with Gasteiger partial charge in [0.1, 0.15) is 11.5 Å². The van der Waals surface area contributed by atoms with Gasteiger partial charge in [0.25, 0.3) is 11.8 Å². The van der Waals surface area contributed by atoms with Crippen molar-refractivity contribution in [1.29, 1.82) is 0 Å². The van der Waals surface area contributed by atoms with Gasteiger partial charge in [0.05, 0.1) is 23.6 Å². The van der Waals surface area contributed by atoms with Gasteiger partial charge in [0.15, 0.2) is 0 Å². The van der Waals surface area contributed by atoms with Crippen molar-refractivity contribution in [3.63, 3.8) is 0 Å². The van der Waals surface area contributed by atoms with Gasteiger partial charge in [-0.05, 0) is 59.7 Å². The molecule has 0 atom stereocenters. The van der Waals surface area contributed by atoms with E-state index in [1.807, 2.05) is 0 Å². The molecule has 0 aliphatic heterocycles. The summed E-state index contributed by atoms with van der Waals surface area (Å²) >= 11 is 12.8. The number of halogens is 4. The summed E-state index contributed by atoms with van der Waals surface area (Å²) in [7, 11) is 0. The Balaban J connectivity index is 0.000000293. The Labute approximate surface area is 289 Å². The largest absolute Gasteiger partial charge is 2.00 e. The molecule has 4 aromatic rings. The molecule has 43 heavy (non-hydrogen) atoms. The van der Waals surface area contributed by atoms with Crippen molar-refractivity contribution in [3.05, 3.63) is 113 Å². The van der Waals surface area contributed by atoms with Crippen LogP contribution in [0.5, 0.6) is 23.0 Å². The third kappa shape index (κ3) is 10.5. The fourth-order valence-corrected chi connectivity index (χ4v) is 5.64. The molecule has 0 aliphatic rings. The summed E-state index contributed by atoms with van der Waals surface area (Å²) in [6.45, 7) is 0. The summed E-state index contributed by atoms with van der Waals surface area (Å²) in [6, 6.07) is 18.6. The maximum atomic E-state index is 11.8. The van der Waals surface area contributed by atoms with Crippen LogP contribution in [0.2, 0.25) is 0 Å². The molecule has 0 saturated heterocycles. The summed E-state index contributed by atoms with van der Waals surface area (Å²) in [5.74, 6) is -1.88. The summed E-state index contributed by atoms with van der Waals surface area (Å²) < 4.78 is 2.21. The van der Waals surface area contributed by atoms with Crippen molar-refractivity contribution in [3.8, 4) is 23.0 Å². The topological polar surface area (TPSA) is 169 Å². The van der Waals surface area contributed by atoms with E-state index in [1.165, 1.54) is 36.7 Å². The predicted octanol–water partition coefficient (Wildman–Crippen LogP) is 5.51. The van der Waals surface area contributed by atoms with Gasteiger partial charge in [0, 0.05) is 17.9 Å². The van der Waals surface area contributed by atoms with E-state index in [2.05, 4.69) is 84.8 Å². The second-order valence-electron chi connectivity index (χ2n) is 8.04. The first-order chi connectivity index (χ1) is 20.0. The predicted molar refractivity (Wildman–Crippen MR) is 169 cm³/mol. The van der Waals surface area contributed by atoms with Crippen LogP contribution in [0.25, 0.3) is 0 Å². The molecule has 222 valence electrons. The molecule has 4 rings (SSSR count). The zero-order valence-electron chi connectivity index (χ0n) is 21.4. The van der Waals surface area contributed by atoms with Crippen LogP contribution >= 0.6 is 63.7 Å². The minimum absolute atomic E-state index is 0. The maximum Gasteiger partial charge on any atom is 2.00 e. The molecule has 0 heterocycles. The van der Waals surface area contributed by atoms with Gasteiger partial charge in [-0.2, -0.15) is 10.2 Å². The number of nitrogens with one attached hydrogen (secondary N) is 2. The van der Waals surface area contributed by atoms with Crippen molar-refractivity contribution in [2.45, 2.75) is 0 Å². The zero-order valence-corrected chi connectivity index (χ0v) is 28.8. The summed E-state index contributed by atoms with van der Waals surface area (Å²) in [5, 5.41) is 50.1. The number of phenols is 2. The number of para-hydroxylation sites is 2. The van der Waals surface area contributed by atoms with Crippen LogP contribution < -0.4 is 21.1 Å². The number of hydrogen-bond acceptors (Lipinski definition) is 8. The summed E-state index contributed by atoms with van der Waals surface area (Å²) in [5.41, 5.74) is 5.35. The molecule has 0 spiro atoms. The molecule has 0 aromatic heterocycles. The van der Waals surface area contributed by atoms with Crippen molar-refractivity contribution >= 4 is 88.0 Å². The van der Waals surface area contributed by atoms with Crippen LogP contribution in [-0.2, 0) is 17.1 Å². The molecular formula is C28H18Br4FeN4O6. The molecule has 10 nitrogen and oxygen atoms in total. The first kappa shape index (κ1) is 36.0. The SMILES string of the molecule is O=C(N/N=C/c1cc(Br)cc(Br)c1[O-])c1ccccc1O.O=C(N/N=C\c1cc(Br)cc(Br)c1[O-])c1ccccc1O.[Fe+2]. The van der Waals surface area contributed by atoms with E-state index in [0.717, 1.165) is 0 Å². The minimum Gasteiger partial charge on any atom is -0.871 e. The number of carbonyl (C=O) groups is 2. The molecule has 0 radical (unpaired) electrons. The molecular weight excluding hydrogens is 864 g/mol. The van der Waals surface area contributed by atoms with Gasteiger partial charge in [-0.15, -0.1) is 0 Å². The number of aromatic hydroxyl groups is 2. The van der Waals surface area contributed by atoms with Gasteiger partial charge < -0.3 is 20.4 Å². The van der Waals surface area contributed by atoms with Gasteiger partial charge in [-0.3, -0.25) is 9.59 Å². The number of hydrogen-bond donors (Lipinski definition) is 4. The minimum atomic E-state index is -0.564. The van der Waals surface area contributed by atoms with Crippen molar-refractivity contribution in [2.24, 2.45) is 10.2 Å². The van der Waals surface area contributed by atoms with Gasteiger partial charge in [-0.1, -0.05) is 99.5 Å². The normalized spacial score (nSPS) is 10.5. The van der Waals surface area contributed by atoms with Gasteiger partial charge >= 0.3 is 17.1 Å². The number of nitrogens with zero attached hydrogens (tertiary/aromatic N) is 2. The maximum absolute atomic E-state index is 11.8. The molecule has 0 unspecified atom stereocenters. The second-order valence-corrected chi connectivity index (χ2v) is 11.6. The number of hydrazone groups is 2. The fraction of sp³-hybridized carbons (Fsp3) is 0. The third-order valence-electron chi connectivity index (χ3n) is 5.11. The molecule has 4 N–H and O–H groups in total. The van der Waals surface area contributed by atoms with E-state index in [0.29, 0.717) is 29.0 Å². The van der Waals surface area contributed by atoms with E-state index in [-0.39, 0.29) is 51.2 Å². The average molecular weight is 882 g/mol. The smallest absolute Gasteiger partial charge is 0.871 e.